The van der Waals surface area contributed by atoms with E-state index < -0.39 is 0 Å². The smallest absolute Gasteiger partial charge is 0.251 e. The Labute approximate surface area is 100 Å². The van der Waals surface area contributed by atoms with Crippen LogP contribution in [0.25, 0.3) is 0 Å². The van der Waals surface area contributed by atoms with Crippen molar-refractivity contribution in [2.75, 3.05) is 0 Å². The summed E-state index contributed by atoms with van der Waals surface area (Å²) in [6.07, 6.45) is 3.23. The van der Waals surface area contributed by atoms with E-state index in [0.717, 1.165) is 5.69 Å². The highest BCUT2D eigenvalue weighted by molar-refractivity contribution is 5.93. The van der Waals surface area contributed by atoms with Crippen molar-refractivity contribution in [3.63, 3.8) is 0 Å². The second kappa shape index (κ2) is 4.82. The van der Waals surface area contributed by atoms with Gasteiger partial charge in [-0.25, -0.2) is 0 Å². The van der Waals surface area contributed by atoms with Crippen molar-refractivity contribution in [1.82, 2.24) is 14.9 Å². The van der Waals surface area contributed by atoms with Crippen molar-refractivity contribution in [3.05, 3.63) is 53.6 Å². The monoisotopic (exact) mass is 229 g/mol. The van der Waals surface area contributed by atoms with E-state index in [1.54, 1.807) is 24.5 Å². The minimum atomic E-state index is -0.0775. The van der Waals surface area contributed by atoms with E-state index >= 15 is 0 Å². The fourth-order valence-electron chi connectivity index (χ4n) is 1.62. The van der Waals surface area contributed by atoms with Crippen LogP contribution in [0.1, 0.15) is 21.7 Å². The maximum atomic E-state index is 11.8. The fraction of sp³-hybridized carbons (Fsp3) is 0.231. The molecule has 1 N–H and O–H groups in total. The average molecular weight is 229 g/mol. The van der Waals surface area contributed by atoms with E-state index in [0.29, 0.717) is 12.1 Å². The molecule has 4 heteroatoms. The molecule has 0 radical (unpaired) electrons. The second-order valence-electron chi connectivity index (χ2n) is 3.94. The van der Waals surface area contributed by atoms with Crippen LogP contribution in [0.4, 0.5) is 0 Å². The van der Waals surface area contributed by atoms with Crippen LogP contribution >= 0.6 is 0 Å². The lowest BCUT2D eigenvalue weighted by atomic mass is 10.2. The van der Waals surface area contributed by atoms with Gasteiger partial charge in [0.05, 0.1) is 6.54 Å². The summed E-state index contributed by atoms with van der Waals surface area (Å²) >= 11 is 0. The van der Waals surface area contributed by atoms with Crippen LogP contribution in [0.2, 0.25) is 0 Å². The first-order chi connectivity index (χ1) is 8.18. The fourth-order valence-corrected chi connectivity index (χ4v) is 1.62. The molecule has 0 saturated carbocycles. The Kier molecular flexibility index (Phi) is 3.23. The Morgan fingerprint density at radius 3 is 2.59 bits per heavy atom. The summed E-state index contributed by atoms with van der Waals surface area (Å²) in [6.45, 7) is 2.57. The zero-order chi connectivity index (χ0) is 12.3. The molecular weight excluding hydrogens is 214 g/mol. The van der Waals surface area contributed by atoms with Crippen molar-refractivity contribution in [1.29, 1.82) is 0 Å². The van der Waals surface area contributed by atoms with Crippen molar-refractivity contribution in [2.24, 2.45) is 7.05 Å². The van der Waals surface area contributed by atoms with Gasteiger partial charge in [0.1, 0.15) is 0 Å². The Morgan fingerprint density at radius 1 is 1.29 bits per heavy atom. The molecule has 0 aliphatic carbocycles. The predicted octanol–water partition coefficient (Wildman–Crippen LogP) is 1.66. The summed E-state index contributed by atoms with van der Waals surface area (Å²) in [6, 6.07) is 7.45. The van der Waals surface area contributed by atoms with E-state index in [9.17, 15) is 4.79 Å². The molecule has 0 spiro atoms. The summed E-state index contributed by atoms with van der Waals surface area (Å²) in [7, 11) is 1.99. The van der Waals surface area contributed by atoms with Crippen LogP contribution in [0.5, 0.6) is 0 Å². The van der Waals surface area contributed by atoms with Gasteiger partial charge in [-0.1, -0.05) is 0 Å². The minimum Gasteiger partial charge on any atom is -0.350 e. The van der Waals surface area contributed by atoms with Crippen LogP contribution in [0.3, 0.4) is 0 Å². The molecule has 2 heterocycles. The maximum absolute atomic E-state index is 11.8. The van der Waals surface area contributed by atoms with E-state index in [-0.39, 0.29) is 5.91 Å². The van der Waals surface area contributed by atoms with Gasteiger partial charge >= 0.3 is 0 Å². The van der Waals surface area contributed by atoms with E-state index in [1.165, 1.54) is 5.69 Å². The Balaban J connectivity index is 2.00. The van der Waals surface area contributed by atoms with Crippen molar-refractivity contribution < 1.29 is 4.79 Å². The molecule has 2 rings (SSSR count). The lowest BCUT2D eigenvalue weighted by molar-refractivity contribution is 0.0950. The number of carbonyl (C=O) groups is 1. The topological polar surface area (TPSA) is 46.9 Å². The summed E-state index contributed by atoms with van der Waals surface area (Å²) in [5.41, 5.74) is 2.90. The number of aromatic nitrogens is 2. The highest BCUT2D eigenvalue weighted by Crippen LogP contribution is 2.05. The summed E-state index contributed by atoms with van der Waals surface area (Å²) in [4.78, 5) is 15.7. The van der Waals surface area contributed by atoms with Crippen molar-refractivity contribution in [2.45, 2.75) is 13.5 Å². The first-order valence-electron chi connectivity index (χ1n) is 5.48. The second-order valence-corrected chi connectivity index (χ2v) is 3.94. The van der Waals surface area contributed by atoms with E-state index in [2.05, 4.69) is 14.9 Å². The third kappa shape index (κ3) is 2.53. The molecule has 17 heavy (non-hydrogen) atoms. The molecular formula is C13H15N3O. The Hall–Kier alpha value is -2.10. The number of hydrogen-bond donors (Lipinski definition) is 1. The first-order valence-corrected chi connectivity index (χ1v) is 5.48. The van der Waals surface area contributed by atoms with Crippen LogP contribution in [0.15, 0.2) is 36.7 Å². The first kappa shape index (κ1) is 11.4. The summed E-state index contributed by atoms with van der Waals surface area (Å²) < 4.78 is 2.06. The molecule has 4 nitrogen and oxygen atoms in total. The van der Waals surface area contributed by atoms with Gasteiger partial charge in [0.25, 0.3) is 5.91 Å². The highest BCUT2D eigenvalue weighted by atomic mass is 16.1. The van der Waals surface area contributed by atoms with Crippen LogP contribution in [0, 0.1) is 6.92 Å². The molecule has 2 aromatic heterocycles. The molecule has 88 valence electrons. The van der Waals surface area contributed by atoms with Gasteiger partial charge < -0.3 is 9.88 Å². The molecule has 0 fully saturated rings. The average Bonchev–Trinajstić information content (AvgIpc) is 2.68. The molecule has 0 atom stereocenters. The zero-order valence-corrected chi connectivity index (χ0v) is 9.97. The van der Waals surface area contributed by atoms with Gasteiger partial charge in [0.2, 0.25) is 0 Å². The van der Waals surface area contributed by atoms with Crippen LogP contribution in [-0.2, 0) is 13.6 Å². The van der Waals surface area contributed by atoms with E-state index in [1.807, 2.05) is 26.1 Å². The lowest BCUT2D eigenvalue weighted by Crippen LogP contribution is -2.23. The van der Waals surface area contributed by atoms with Gasteiger partial charge in [0.15, 0.2) is 0 Å². The van der Waals surface area contributed by atoms with Gasteiger partial charge in [-0.15, -0.1) is 0 Å². The largest absolute Gasteiger partial charge is 0.350 e. The van der Waals surface area contributed by atoms with Gasteiger partial charge in [-0.3, -0.25) is 9.78 Å². The van der Waals surface area contributed by atoms with Crippen LogP contribution in [-0.4, -0.2) is 15.5 Å². The molecule has 2 aromatic rings. The maximum Gasteiger partial charge on any atom is 0.251 e. The molecule has 0 aromatic carbocycles. The normalized spacial score (nSPS) is 10.2. The van der Waals surface area contributed by atoms with Crippen molar-refractivity contribution >= 4 is 5.91 Å². The molecule has 0 saturated heterocycles. The predicted molar refractivity (Wildman–Crippen MR) is 65.6 cm³/mol. The summed E-state index contributed by atoms with van der Waals surface area (Å²) in [5.74, 6) is -0.0775. The number of aryl methyl sites for hydroxylation is 1. The zero-order valence-electron chi connectivity index (χ0n) is 9.97. The van der Waals surface area contributed by atoms with Gasteiger partial charge in [-0.2, -0.15) is 0 Å². The SMILES string of the molecule is Cc1ccc(CNC(=O)c2ccncc2)n1C. The highest BCUT2D eigenvalue weighted by Gasteiger charge is 2.06. The lowest BCUT2D eigenvalue weighted by Gasteiger charge is -2.07. The standard InChI is InChI=1S/C13H15N3O/c1-10-3-4-12(16(10)2)9-15-13(17)11-5-7-14-8-6-11/h3-8H,9H2,1-2H3,(H,15,17). The number of nitrogens with one attached hydrogen (secondary N) is 1. The number of carbonyl (C=O) groups excluding carboxylic acids is 1. The number of nitrogens with zero attached hydrogens (tertiary/aromatic N) is 2. The third-order valence-electron chi connectivity index (χ3n) is 2.85. The van der Waals surface area contributed by atoms with Gasteiger partial charge in [-0.05, 0) is 31.2 Å². The molecule has 1 amide bonds. The van der Waals surface area contributed by atoms with Crippen LogP contribution < -0.4 is 5.32 Å². The minimum absolute atomic E-state index is 0.0775. The Bertz CT molecular complexity index is 517. The number of pyridine rings is 1. The molecule has 0 aliphatic rings. The quantitative estimate of drug-likeness (QED) is 0.870. The number of hydrogen-bond acceptors (Lipinski definition) is 2. The molecule has 0 unspecified atom stereocenters. The summed E-state index contributed by atoms with van der Waals surface area (Å²) in [5, 5.41) is 2.88. The Morgan fingerprint density at radius 2 is 2.00 bits per heavy atom. The van der Waals surface area contributed by atoms with E-state index in [4.69, 9.17) is 0 Å². The van der Waals surface area contributed by atoms with Gasteiger partial charge in [0, 0.05) is 36.4 Å². The molecule has 0 bridgehead atoms. The number of amides is 1. The molecule has 0 aliphatic heterocycles. The third-order valence-corrected chi connectivity index (χ3v) is 2.85. The van der Waals surface area contributed by atoms with Crippen molar-refractivity contribution in [3.8, 4) is 0 Å². The number of rotatable bonds is 3.